The zero-order valence-corrected chi connectivity index (χ0v) is 15.9. The Kier molecular flexibility index (Phi) is 5.89. The van der Waals surface area contributed by atoms with Crippen molar-refractivity contribution in [3.8, 4) is 0 Å². The average molecular weight is 383 g/mol. The van der Waals surface area contributed by atoms with Gasteiger partial charge in [-0.3, -0.25) is 4.98 Å². The van der Waals surface area contributed by atoms with E-state index in [0.29, 0.717) is 24.1 Å². The molecule has 0 bridgehead atoms. The number of nitrogens with zero attached hydrogens (tertiary/aromatic N) is 2. The molecule has 0 fully saturated rings. The van der Waals surface area contributed by atoms with Crippen LogP contribution in [0, 0.1) is 5.92 Å². The van der Waals surface area contributed by atoms with Gasteiger partial charge < -0.3 is 10.0 Å². The fourth-order valence-corrected chi connectivity index (χ4v) is 5.19. The maximum Gasteiger partial charge on any atom is 0.178 e. The maximum atomic E-state index is 12.7. The van der Waals surface area contributed by atoms with Gasteiger partial charge in [-0.2, -0.15) is 0 Å². The van der Waals surface area contributed by atoms with Crippen LogP contribution in [0.4, 0.5) is 0 Å². The lowest BCUT2D eigenvalue weighted by Gasteiger charge is -2.37. The molecule has 2 unspecified atom stereocenters. The predicted octanol–water partition coefficient (Wildman–Crippen LogP) is 2.09. The Morgan fingerprint density at radius 3 is 2.60 bits per heavy atom. The molecule has 5 nitrogen and oxygen atoms in total. The minimum absolute atomic E-state index is 0. The van der Waals surface area contributed by atoms with Gasteiger partial charge in [-0.05, 0) is 32.6 Å². The van der Waals surface area contributed by atoms with E-state index in [9.17, 15) is 13.5 Å². The van der Waals surface area contributed by atoms with E-state index in [1.54, 1.807) is 42.7 Å². The average Bonchev–Trinajstić information content (AvgIpc) is 2.65. The van der Waals surface area contributed by atoms with Crippen LogP contribution in [0.25, 0.3) is 0 Å². The molecule has 0 saturated carbocycles. The molecule has 136 valence electrons. The quantitative estimate of drug-likeness (QED) is 0.880. The molecule has 0 amide bonds. The predicted molar refractivity (Wildman–Crippen MR) is 99.6 cm³/mol. The van der Waals surface area contributed by atoms with E-state index in [1.165, 1.54) is 0 Å². The molecule has 25 heavy (non-hydrogen) atoms. The molecule has 3 rings (SSSR count). The molecule has 2 atom stereocenters. The Balaban J connectivity index is 0.00000225. The third-order valence-corrected chi connectivity index (χ3v) is 6.45. The zero-order chi connectivity index (χ0) is 17.4. The van der Waals surface area contributed by atoms with Gasteiger partial charge in [0.25, 0.3) is 0 Å². The van der Waals surface area contributed by atoms with E-state index in [2.05, 4.69) is 4.98 Å². The highest BCUT2D eigenvalue weighted by Crippen LogP contribution is 2.44. The van der Waals surface area contributed by atoms with E-state index in [1.807, 2.05) is 25.1 Å². The molecule has 0 aliphatic carbocycles. The van der Waals surface area contributed by atoms with Crippen molar-refractivity contribution in [3.63, 3.8) is 0 Å². The summed E-state index contributed by atoms with van der Waals surface area (Å²) in [5, 5.41) is 11.8. The lowest BCUT2D eigenvalue weighted by atomic mass is 9.75. The fourth-order valence-electron chi connectivity index (χ4n) is 3.53. The first-order chi connectivity index (χ1) is 11.4. The van der Waals surface area contributed by atoms with Crippen LogP contribution in [0.5, 0.6) is 0 Å². The van der Waals surface area contributed by atoms with Crippen molar-refractivity contribution in [2.75, 3.05) is 26.4 Å². The zero-order valence-electron chi connectivity index (χ0n) is 14.3. The van der Waals surface area contributed by atoms with Gasteiger partial charge in [0, 0.05) is 36.0 Å². The number of sulfone groups is 1. The molecule has 1 aliphatic rings. The molecule has 0 radical (unpaired) electrons. The SMILES string of the molecule is CN(C)CC1CCS(=O)(=O)c2ccccc2C1(O)c1cccnc1.Cl. The molecule has 0 spiro atoms. The highest BCUT2D eigenvalue weighted by molar-refractivity contribution is 7.91. The monoisotopic (exact) mass is 382 g/mol. The maximum absolute atomic E-state index is 12.7. The van der Waals surface area contributed by atoms with Crippen molar-refractivity contribution in [1.82, 2.24) is 9.88 Å². The Labute approximate surface area is 155 Å². The Morgan fingerprint density at radius 2 is 1.96 bits per heavy atom. The second-order valence-corrected chi connectivity index (χ2v) is 8.65. The van der Waals surface area contributed by atoms with Crippen molar-refractivity contribution >= 4 is 22.2 Å². The highest BCUT2D eigenvalue weighted by atomic mass is 35.5. The Hall–Kier alpha value is -1.47. The molecule has 1 aromatic heterocycles. The van der Waals surface area contributed by atoms with Crippen molar-refractivity contribution in [2.45, 2.75) is 16.9 Å². The number of fused-ring (bicyclic) bond motifs is 1. The van der Waals surface area contributed by atoms with Crippen molar-refractivity contribution in [3.05, 3.63) is 59.9 Å². The number of aliphatic hydroxyl groups is 1. The summed E-state index contributed by atoms with van der Waals surface area (Å²) < 4.78 is 25.4. The standard InChI is InChI=1S/C18H22N2O3S.ClH/c1-20(2)13-15-9-11-24(22,23)17-8-4-3-7-16(17)18(15,21)14-6-5-10-19-12-14;/h3-8,10,12,15,21H,9,11,13H2,1-2H3;1H. The smallest absolute Gasteiger partial charge is 0.178 e. The van der Waals surface area contributed by atoms with Gasteiger partial charge in [-0.25, -0.2) is 8.42 Å². The van der Waals surface area contributed by atoms with Crippen LogP contribution < -0.4 is 0 Å². The molecule has 1 N–H and O–H groups in total. The highest BCUT2D eigenvalue weighted by Gasteiger charge is 2.46. The summed E-state index contributed by atoms with van der Waals surface area (Å²) >= 11 is 0. The summed E-state index contributed by atoms with van der Waals surface area (Å²) in [6, 6.07) is 10.4. The molecule has 2 aromatic rings. The van der Waals surface area contributed by atoms with E-state index >= 15 is 0 Å². The van der Waals surface area contributed by atoms with Gasteiger partial charge in [0.15, 0.2) is 9.84 Å². The molecule has 0 saturated heterocycles. The number of rotatable bonds is 3. The van der Waals surface area contributed by atoms with Gasteiger partial charge >= 0.3 is 0 Å². The second-order valence-electron chi connectivity index (χ2n) is 6.57. The van der Waals surface area contributed by atoms with Crippen molar-refractivity contribution in [1.29, 1.82) is 0 Å². The third kappa shape index (κ3) is 3.58. The van der Waals surface area contributed by atoms with E-state index in [4.69, 9.17) is 0 Å². The van der Waals surface area contributed by atoms with Crippen molar-refractivity contribution in [2.24, 2.45) is 5.92 Å². The van der Waals surface area contributed by atoms with Crippen LogP contribution in [0.15, 0.2) is 53.7 Å². The lowest BCUT2D eigenvalue weighted by molar-refractivity contribution is 0.00238. The number of hydrogen-bond acceptors (Lipinski definition) is 5. The molecule has 2 heterocycles. The number of pyridine rings is 1. The summed E-state index contributed by atoms with van der Waals surface area (Å²) in [7, 11) is 0.426. The number of halogens is 1. The van der Waals surface area contributed by atoms with E-state index in [-0.39, 0.29) is 29.0 Å². The van der Waals surface area contributed by atoms with Gasteiger partial charge in [-0.15, -0.1) is 12.4 Å². The summed E-state index contributed by atoms with van der Waals surface area (Å²) in [4.78, 5) is 6.33. The molecular weight excluding hydrogens is 360 g/mol. The topological polar surface area (TPSA) is 70.5 Å². The van der Waals surface area contributed by atoms with Crippen LogP contribution >= 0.6 is 12.4 Å². The van der Waals surface area contributed by atoms with Crippen LogP contribution in [0.3, 0.4) is 0 Å². The summed E-state index contributed by atoms with van der Waals surface area (Å²) in [6.45, 7) is 0.579. The number of hydrogen-bond donors (Lipinski definition) is 1. The Morgan fingerprint density at radius 1 is 1.24 bits per heavy atom. The molecule has 1 aliphatic heterocycles. The minimum atomic E-state index is -3.43. The molecule has 7 heteroatoms. The van der Waals surface area contributed by atoms with Crippen LogP contribution in [0.2, 0.25) is 0 Å². The number of aromatic nitrogens is 1. The van der Waals surface area contributed by atoms with Crippen LogP contribution in [-0.4, -0.2) is 49.8 Å². The van der Waals surface area contributed by atoms with Crippen LogP contribution in [-0.2, 0) is 15.4 Å². The van der Waals surface area contributed by atoms with Gasteiger partial charge in [0.05, 0.1) is 10.6 Å². The first-order valence-corrected chi connectivity index (χ1v) is 9.61. The van der Waals surface area contributed by atoms with Gasteiger partial charge in [0.2, 0.25) is 0 Å². The van der Waals surface area contributed by atoms with E-state index in [0.717, 1.165) is 0 Å². The normalized spacial score (nSPS) is 24.9. The lowest BCUT2D eigenvalue weighted by Crippen LogP contribution is -2.41. The summed E-state index contributed by atoms with van der Waals surface area (Å²) in [6.07, 6.45) is 3.66. The third-order valence-electron chi connectivity index (χ3n) is 4.65. The van der Waals surface area contributed by atoms with E-state index < -0.39 is 15.4 Å². The first kappa shape index (κ1) is 19.8. The summed E-state index contributed by atoms with van der Waals surface area (Å²) in [5.74, 6) is -0.222. The second kappa shape index (κ2) is 7.41. The van der Waals surface area contributed by atoms with Gasteiger partial charge in [-0.1, -0.05) is 24.3 Å². The van der Waals surface area contributed by atoms with Gasteiger partial charge in [0.1, 0.15) is 5.60 Å². The minimum Gasteiger partial charge on any atom is -0.380 e. The number of benzene rings is 1. The Bertz CT molecular complexity index is 827. The fraction of sp³-hybridized carbons (Fsp3) is 0.389. The summed E-state index contributed by atoms with van der Waals surface area (Å²) in [5.41, 5.74) is -0.317. The largest absolute Gasteiger partial charge is 0.380 e. The molecule has 1 aromatic carbocycles. The van der Waals surface area contributed by atoms with Crippen LogP contribution in [0.1, 0.15) is 17.5 Å². The first-order valence-electron chi connectivity index (χ1n) is 7.95. The van der Waals surface area contributed by atoms with Crippen molar-refractivity contribution < 1.29 is 13.5 Å². The molecular formula is C18H23ClN2O3S.